The molecule has 0 aliphatic rings. The molecular formula is C11H13BrO. The molecule has 0 saturated carbocycles. The van der Waals surface area contributed by atoms with Gasteiger partial charge in [-0.1, -0.05) is 34.1 Å². The van der Waals surface area contributed by atoms with Gasteiger partial charge in [0, 0.05) is 4.47 Å². The van der Waals surface area contributed by atoms with E-state index in [2.05, 4.69) is 22.5 Å². The molecule has 0 aliphatic carbocycles. The molecule has 0 heterocycles. The third kappa shape index (κ3) is 2.42. The number of rotatable bonds is 3. The Hall–Kier alpha value is -0.600. The second kappa shape index (κ2) is 4.58. The molecule has 1 aromatic carbocycles. The summed E-state index contributed by atoms with van der Waals surface area (Å²) in [4.78, 5) is 0. The molecule has 70 valence electrons. The molecule has 0 spiro atoms. The summed E-state index contributed by atoms with van der Waals surface area (Å²) in [6.07, 6.45) is 1.89. The molecule has 0 bridgehead atoms. The van der Waals surface area contributed by atoms with Crippen LogP contribution in [-0.4, -0.2) is 5.11 Å². The number of halogens is 1. The highest BCUT2D eigenvalue weighted by Gasteiger charge is 2.09. The van der Waals surface area contributed by atoms with Crippen LogP contribution in [0.15, 0.2) is 35.3 Å². The summed E-state index contributed by atoms with van der Waals surface area (Å²) in [5, 5.41) is 9.73. The highest BCUT2D eigenvalue weighted by molar-refractivity contribution is 9.10. The second-order valence-corrected chi connectivity index (χ2v) is 3.85. The maximum Gasteiger partial charge on any atom is 0.0827 e. The van der Waals surface area contributed by atoms with Crippen LogP contribution in [0.4, 0.5) is 0 Å². The van der Waals surface area contributed by atoms with Gasteiger partial charge in [0.05, 0.1) is 6.10 Å². The summed E-state index contributed by atoms with van der Waals surface area (Å²) in [7, 11) is 0. The van der Waals surface area contributed by atoms with E-state index in [0.29, 0.717) is 6.42 Å². The molecule has 0 radical (unpaired) electrons. The Morgan fingerprint density at radius 1 is 1.62 bits per heavy atom. The van der Waals surface area contributed by atoms with Crippen molar-refractivity contribution in [2.24, 2.45) is 0 Å². The van der Waals surface area contributed by atoms with Crippen LogP contribution in [0.1, 0.15) is 23.7 Å². The molecule has 0 aromatic heterocycles. The lowest BCUT2D eigenvalue weighted by atomic mass is 10.0. The Morgan fingerprint density at radius 3 is 2.92 bits per heavy atom. The Morgan fingerprint density at radius 2 is 2.31 bits per heavy atom. The van der Waals surface area contributed by atoms with Crippen molar-refractivity contribution in [1.29, 1.82) is 0 Å². The Balaban J connectivity index is 3.00. The Bertz CT molecular complexity index is 307. The predicted molar refractivity (Wildman–Crippen MR) is 58.7 cm³/mol. The van der Waals surface area contributed by atoms with Gasteiger partial charge in [-0.3, -0.25) is 0 Å². The van der Waals surface area contributed by atoms with Gasteiger partial charge in [-0.25, -0.2) is 0 Å². The zero-order valence-corrected chi connectivity index (χ0v) is 9.21. The molecule has 0 saturated heterocycles. The van der Waals surface area contributed by atoms with Gasteiger partial charge < -0.3 is 5.11 Å². The van der Waals surface area contributed by atoms with Gasteiger partial charge in [-0.05, 0) is 30.5 Å². The van der Waals surface area contributed by atoms with Gasteiger partial charge in [-0.2, -0.15) is 0 Å². The molecule has 0 fully saturated rings. The first kappa shape index (κ1) is 10.5. The molecule has 2 heteroatoms. The van der Waals surface area contributed by atoms with Crippen molar-refractivity contribution in [1.82, 2.24) is 0 Å². The minimum atomic E-state index is -0.435. The molecule has 1 atom stereocenters. The average Bonchev–Trinajstić information content (AvgIpc) is 2.10. The summed E-state index contributed by atoms with van der Waals surface area (Å²) in [5.41, 5.74) is 2.06. The van der Waals surface area contributed by atoms with Crippen molar-refractivity contribution in [3.63, 3.8) is 0 Å². The standard InChI is InChI=1S/C11H13BrO/c1-3-5-11(13)9-6-4-7-10(12)8(9)2/h3-4,6-7,11,13H,1,5H2,2H3. The normalized spacial score (nSPS) is 12.5. The quantitative estimate of drug-likeness (QED) is 0.804. The average molecular weight is 241 g/mol. The lowest BCUT2D eigenvalue weighted by Crippen LogP contribution is -1.98. The minimum Gasteiger partial charge on any atom is -0.388 e. The van der Waals surface area contributed by atoms with Crippen LogP contribution in [0.2, 0.25) is 0 Å². The fourth-order valence-corrected chi connectivity index (χ4v) is 1.65. The summed E-state index contributed by atoms with van der Waals surface area (Å²) in [5.74, 6) is 0. The minimum absolute atomic E-state index is 0.435. The summed E-state index contributed by atoms with van der Waals surface area (Å²) < 4.78 is 1.04. The first-order chi connectivity index (χ1) is 6.16. The molecule has 13 heavy (non-hydrogen) atoms. The highest BCUT2D eigenvalue weighted by Crippen LogP contribution is 2.26. The third-order valence-corrected chi connectivity index (χ3v) is 2.92. The van der Waals surface area contributed by atoms with E-state index in [4.69, 9.17) is 0 Å². The lowest BCUT2D eigenvalue weighted by Gasteiger charge is -2.12. The largest absolute Gasteiger partial charge is 0.388 e. The number of hydrogen-bond donors (Lipinski definition) is 1. The van der Waals surface area contributed by atoms with Crippen LogP contribution in [0.5, 0.6) is 0 Å². The Labute approximate surface area is 87.2 Å². The van der Waals surface area contributed by atoms with Gasteiger partial charge in [0.1, 0.15) is 0 Å². The van der Waals surface area contributed by atoms with Crippen molar-refractivity contribution < 1.29 is 5.11 Å². The molecule has 1 rings (SSSR count). The van der Waals surface area contributed by atoms with Crippen molar-refractivity contribution >= 4 is 15.9 Å². The van der Waals surface area contributed by atoms with E-state index in [0.717, 1.165) is 15.6 Å². The van der Waals surface area contributed by atoms with Gasteiger partial charge in [0.2, 0.25) is 0 Å². The molecule has 0 amide bonds. The van der Waals surface area contributed by atoms with Crippen LogP contribution < -0.4 is 0 Å². The number of hydrogen-bond acceptors (Lipinski definition) is 1. The van der Waals surface area contributed by atoms with Gasteiger partial charge in [-0.15, -0.1) is 6.58 Å². The molecular weight excluding hydrogens is 228 g/mol. The third-order valence-electron chi connectivity index (χ3n) is 2.06. The smallest absolute Gasteiger partial charge is 0.0827 e. The van der Waals surface area contributed by atoms with Crippen LogP contribution >= 0.6 is 15.9 Å². The van der Waals surface area contributed by atoms with Crippen LogP contribution in [0.25, 0.3) is 0 Å². The van der Waals surface area contributed by atoms with Crippen molar-refractivity contribution in [3.05, 3.63) is 46.5 Å². The fourth-order valence-electron chi connectivity index (χ4n) is 1.27. The van der Waals surface area contributed by atoms with E-state index < -0.39 is 6.10 Å². The van der Waals surface area contributed by atoms with E-state index in [1.165, 1.54) is 0 Å². The lowest BCUT2D eigenvalue weighted by molar-refractivity contribution is 0.181. The SMILES string of the molecule is C=CCC(O)c1cccc(Br)c1C. The van der Waals surface area contributed by atoms with E-state index in [1.807, 2.05) is 25.1 Å². The second-order valence-electron chi connectivity index (χ2n) is 2.99. The first-order valence-electron chi connectivity index (χ1n) is 4.20. The predicted octanol–water partition coefficient (Wildman–Crippen LogP) is 3.37. The first-order valence-corrected chi connectivity index (χ1v) is 5.00. The van der Waals surface area contributed by atoms with Crippen molar-refractivity contribution in [2.75, 3.05) is 0 Å². The topological polar surface area (TPSA) is 20.2 Å². The molecule has 1 N–H and O–H groups in total. The fraction of sp³-hybridized carbons (Fsp3) is 0.273. The molecule has 1 nitrogen and oxygen atoms in total. The van der Waals surface area contributed by atoms with E-state index in [9.17, 15) is 5.11 Å². The Kier molecular flexibility index (Phi) is 3.70. The number of benzene rings is 1. The van der Waals surface area contributed by atoms with Crippen LogP contribution in [0, 0.1) is 6.92 Å². The molecule has 0 aliphatic heterocycles. The monoisotopic (exact) mass is 240 g/mol. The van der Waals surface area contributed by atoms with Crippen molar-refractivity contribution in [2.45, 2.75) is 19.4 Å². The molecule has 1 unspecified atom stereocenters. The van der Waals surface area contributed by atoms with E-state index >= 15 is 0 Å². The summed E-state index contributed by atoms with van der Waals surface area (Å²) in [6.45, 7) is 5.60. The molecule has 1 aromatic rings. The van der Waals surface area contributed by atoms with Crippen molar-refractivity contribution in [3.8, 4) is 0 Å². The summed E-state index contributed by atoms with van der Waals surface area (Å²) in [6, 6.07) is 5.84. The number of aliphatic hydroxyl groups is 1. The zero-order valence-electron chi connectivity index (χ0n) is 7.63. The maximum atomic E-state index is 9.73. The zero-order chi connectivity index (χ0) is 9.84. The van der Waals surface area contributed by atoms with Gasteiger partial charge >= 0.3 is 0 Å². The van der Waals surface area contributed by atoms with Gasteiger partial charge in [0.15, 0.2) is 0 Å². The van der Waals surface area contributed by atoms with Crippen LogP contribution in [-0.2, 0) is 0 Å². The van der Waals surface area contributed by atoms with Gasteiger partial charge in [0.25, 0.3) is 0 Å². The van der Waals surface area contributed by atoms with E-state index in [1.54, 1.807) is 6.08 Å². The maximum absolute atomic E-state index is 9.73. The van der Waals surface area contributed by atoms with Crippen LogP contribution in [0.3, 0.4) is 0 Å². The highest BCUT2D eigenvalue weighted by atomic mass is 79.9. The number of aliphatic hydroxyl groups excluding tert-OH is 1. The van der Waals surface area contributed by atoms with E-state index in [-0.39, 0.29) is 0 Å². The summed E-state index contributed by atoms with van der Waals surface area (Å²) >= 11 is 3.43.